The Morgan fingerprint density at radius 3 is 2.44 bits per heavy atom. The predicted molar refractivity (Wildman–Crippen MR) is 60.8 cm³/mol. The summed E-state index contributed by atoms with van der Waals surface area (Å²) in [5.41, 5.74) is 0. The standard InChI is InChI=1S/C12H20N2O2/c1-13-8-3-4-10(13)7-9-14-11(15)5-2-6-12(14)16/h10H,2-9H2,1H3. The summed E-state index contributed by atoms with van der Waals surface area (Å²) in [6.45, 7) is 1.76. The molecule has 2 aliphatic rings. The average molecular weight is 224 g/mol. The quantitative estimate of drug-likeness (QED) is 0.672. The van der Waals surface area contributed by atoms with E-state index < -0.39 is 0 Å². The van der Waals surface area contributed by atoms with Crippen LogP contribution in [0.3, 0.4) is 0 Å². The van der Waals surface area contributed by atoms with Gasteiger partial charge in [-0.25, -0.2) is 0 Å². The Labute approximate surface area is 96.6 Å². The number of carbonyl (C=O) groups excluding carboxylic acids is 2. The Morgan fingerprint density at radius 2 is 1.88 bits per heavy atom. The number of amides is 2. The molecule has 0 aromatic carbocycles. The van der Waals surface area contributed by atoms with Crippen LogP contribution >= 0.6 is 0 Å². The summed E-state index contributed by atoms with van der Waals surface area (Å²) in [4.78, 5) is 27.0. The van der Waals surface area contributed by atoms with Gasteiger partial charge in [0.1, 0.15) is 0 Å². The van der Waals surface area contributed by atoms with E-state index in [1.165, 1.54) is 17.7 Å². The summed E-state index contributed by atoms with van der Waals surface area (Å²) < 4.78 is 0. The van der Waals surface area contributed by atoms with Crippen molar-refractivity contribution in [3.63, 3.8) is 0 Å². The summed E-state index contributed by atoms with van der Waals surface area (Å²) in [5, 5.41) is 0. The third-order valence-corrected chi connectivity index (χ3v) is 3.74. The maximum absolute atomic E-state index is 11.6. The van der Waals surface area contributed by atoms with Crippen LogP contribution in [0.1, 0.15) is 38.5 Å². The summed E-state index contributed by atoms with van der Waals surface area (Å²) in [6.07, 6.45) is 5.21. The molecule has 2 aliphatic heterocycles. The van der Waals surface area contributed by atoms with E-state index in [2.05, 4.69) is 11.9 Å². The topological polar surface area (TPSA) is 40.6 Å². The minimum atomic E-state index is 0.0249. The molecule has 0 bridgehead atoms. The summed E-state index contributed by atoms with van der Waals surface area (Å²) in [7, 11) is 2.12. The van der Waals surface area contributed by atoms with Gasteiger partial charge in [-0.05, 0) is 39.3 Å². The molecule has 0 radical (unpaired) electrons. The lowest BCUT2D eigenvalue weighted by atomic mass is 10.1. The Balaban J connectivity index is 1.84. The maximum atomic E-state index is 11.6. The molecule has 0 saturated carbocycles. The summed E-state index contributed by atoms with van der Waals surface area (Å²) in [5.74, 6) is 0.0498. The number of likely N-dealkylation sites (tertiary alicyclic amines) is 2. The van der Waals surface area contributed by atoms with Crippen LogP contribution < -0.4 is 0 Å². The first-order valence-electron chi connectivity index (χ1n) is 6.22. The van der Waals surface area contributed by atoms with Crippen LogP contribution in [0, 0.1) is 0 Å². The molecular weight excluding hydrogens is 204 g/mol. The molecule has 2 fully saturated rings. The molecular formula is C12H20N2O2. The van der Waals surface area contributed by atoms with Crippen molar-refractivity contribution in [1.29, 1.82) is 0 Å². The van der Waals surface area contributed by atoms with Crippen molar-refractivity contribution in [2.24, 2.45) is 0 Å². The molecule has 2 saturated heterocycles. The molecule has 0 aromatic rings. The molecule has 1 atom stereocenters. The SMILES string of the molecule is CN1CCCC1CCN1C(=O)CCCC1=O. The molecule has 0 spiro atoms. The zero-order chi connectivity index (χ0) is 11.5. The minimum absolute atomic E-state index is 0.0249. The van der Waals surface area contributed by atoms with Crippen molar-refractivity contribution in [2.45, 2.75) is 44.6 Å². The minimum Gasteiger partial charge on any atom is -0.303 e. The Hall–Kier alpha value is -0.900. The van der Waals surface area contributed by atoms with Gasteiger partial charge < -0.3 is 4.90 Å². The number of nitrogens with zero attached hydrogens (tertiary/aromatic N) is 2. The molecule has 1 unspecified atom stereocenters. The second-order valence-electron chi connectivity index (χ2n) is 4.86. The smallest absolute Gasteiger partial charge is 0.229 e. The van der Waals surface area contributed by atoms with Crippen molar-refractivity contribution in [3.05, 3.63) is 0 Å². The van der Waals surface area contributed by atoms with Gasteiger partial charge in [-0.3, -0.25) is 14.5 Å². The number of rotatable bonds is 3. The maximum Gasteiger partial charge on any atom is 0.229 e. The number of imide groups is 1. The van der Waals surface area contributed by atoms with Crippen molar-refractivity contribution in [1.82, 2.24) is 9.80 Å². The fourth-order valence-electron chi connectivity index (χ4n) is 2.67. The van der Waals surface area contributed by atoms with Crippen LogP contribution in [0.4, 0.5) is 0 Å². The zero-order valence-corrected chi connectivity index (χ0v) is 9.95. The Bertz CT molecular complexity index is 275. The number of carbonyl (C=O) groups is 2. The largest absolute Gasteiger partial charge is 0.303 e. The molecule has 2 rings (SSSR count). The molecule has 90 valence electrons. The van der Waals surface area contributed by atoms with Gasteiger partial charge in [0.25, 0.3) is 0 Å². The lowest BCUT2D eigenvalue weighted by Crippen LogP contribution is -2.42. The van der Waals surface area contributed by atoms with Crippen molar-refractivity contribution in [3.8, 4) is 0 Å². The van der Waals surface area contributed by atoms with Crippen LogP contribution in [-0.4, -0.2) is 47.8 Å². The Kier molecular flexibility index (Phi) is 3.59. The lowest BCUT2D eigenvalue weighted by molar-refractivity contribution is -0.148. The van der Waals surface area contributed by atoms with E-state index in [4.69, 9.17) is 0 Å². The first-order chi connectivity index (χ1) is 7.68. The van der Waals surface area contributed by atoms with Gasteiger partial charge in [-0.1, -0.05) is 0 Å². The van der Waals surface area contributed by atoms with Crippen molar-refractivity contribution >= 4 is 11.8 Å². The molecule has 0 aromatic heterocycles. The van der Waals surface area contributed by atoms with E-state index in [0.717, 1.165) is 19.4 Å². The zero-order valence-electron chi connectivity index (χ0n) is 9.95. The molecule has 4 nitrogen and oxygen atoms in total. The first-order valence-corrected chi connectivity index (χ1v) is 6.22. The van der Waals surface area contributed by atoms with Gasteiger partial charge in [0, 0.05) is 25.4 Å². The number of hydrogen-bond donors (Lipinski definition) is 0. The van der Waals surface area contributed by atoms with Crippen LogP contribution in [-0.2, 0) is 9.59 Å². The number of hydrogen-bond acceptors (Lipinski definition) is 3. The van der Waals surface area contributed by atoms with Crippen LogP contribution in [0.25, 0.3) is 0 Å². The van der Waals surface area contributed by atoms with Crippen LogP contribution in [0.15, 0.2) is 0 Å². The van der Waals surface area contributed by atoms with E-state index in [0.29, 0.717) is 25.4 Å². The number of piperidine rings is 1. The van der Waals surface area contributed by atoms with Gasteiger partial charge in [0.2, 0.25) is 11.8 Å². The van der Waals surface area contributed by atoms with Gasteiger partial charge in [0.15, 0.2) is 0 Å². The highest BCUT2D eigenvalue weighted by Gasteiger charge is 2.28. The second kappa shape index (κ2) is 4.95. The average Bonchev–Trinajstić information content (AvgIpc) is 2.64. The molecule has 0 aliphatic carbocycles. The fraction of sp³-hybridized carbons (Fsp3) is 0.833. The predicted octanol–water partition coefficient (Wildman–Crippen LogP) is 1.01. The van der Waals surface area contributed by atoms with E-state index >= 15 is 0 Å². The van der Waals surface area contributed by atoms with Crippen molar-refractivity contribution < 1.29 is 9.59 Å². The van der Waals surface area contributed by atoms with Crippen molar-refractivity contribution in [2.75, 3.05) is 20.1 Å². The summed E-state index contributed by atoms with van der Waals surface area (Å²) >= 11 is 0. The highest BCUT2D eigenvalue weighted by Crippen LogP contribution is 2.20. The highest BCUT2D eigenvalue weighted by atomic mass is 16.2. The van der Waals surface area contributed by atoms with E-state index in [-0.39, 0.29) is 11.8 Å². The molecule has 4 heteroatoms. The molecule has 16 heavy (non-hydrogen) atoms. The highest BCUT2D eigenvalue weighted by molar-refractivity contribution is 5.97. The summed E-state index contributed by atoms with van der Waals surface area (Å²) in [6, 6.07) is 0.558. The molecule has 2 heterocycles. The fourth-order valence-corrected chi connectivity index (χ4v) is 2.67. The van der Waals surface area contributed by atoms with Crippen LogP contribution in [0.2, 0.25) is 0 Å². The monoisotopic (exact) mass is 224 g/mol. The van der Waals surface area contributed by atoms with Gasteiger partial charge in [-0.15, -0.1) is 0 Å². The third-order valence-electron chi connectivity index (χ3n) is 3.74. The van der Waals surface area contributed by atoms with E-state index in [1.807, 2.05) is 0 Å². The third kappa shape index (κ3) is 2.43. The van der Waals surface area contributed by atoms with Gasteiger partial charge in [0.05, 0.1) is 0 Å². The van der Waals surface area contributed by atoms with Gasteiger partial charge >= 0.3 is 0 Å². The van der Waals surface area contributed by atoms with Crippen LogP contribution in [0.5, 0.6) is 0 Å². The molecule has 2 amide bonds. The first kappa shape index (κ1) is 11.6. The molecule has 0 N–H and O–H groups in total. The Morgan fingerprint density at radius 1 is 1.19 bits per heavy atom. The second-order valence-corrected chi connectivity index (χ2v) is 4.86. The lowest BCUT2D eigenvalue weighted by Gasteiger charge is -2.27. The van der Waals surface area contributed by atoms with E-state index in [9.17, 15) is 9.59 Å². The van der Waals surface area contributed by atoms with Gasteiger partial charge in [-0.2, -0.15) is 0 Å². The van der Waals surface area contributed by atoms with E-state index in [1.54, 1.807) is 0 Å². The normalized spacial score (nSPS) is 27.8.